The topological polar surface area (TPSA) is 55.1 Å². The van der Waals surface area contributed by atoms with Crippen molar-refractivity contribution in [2.24, 2.45) is 0 Å². The molecule has 0 saturated heterocycles. The molecule has 0 radical (unpaired) electrons. The van der Waals surface area contributed by atoms with Gasteiger partial charge in [-0.2, -0.15) is 0 Å². The molecule has 1 fully saturated rings. The van der Waals surface area contributed by atoms with Crippen LogP contribution in [-0.4, -0.2) is 17.1 Å². The average Bonchev–Trinajstić information content (AvgIpc) is 3.08. The van der Waals surface area contributed by atoms with Crippen molar-refractivity contribution in [3.05, 3.63) is 77.7 Å². The second-order valence-corrected chi connectivity index (χ2v) is 6.34. The molecular formula is C20H17FN2O2. The highest BCUT2D eigenvalue weighted by Crippen LogP contribution is 2.37. The van der Waals surface area contributed by atoms with E-state index in [1.807, 2.05) is 36.4 Å². The van der Waals surface area contributed by atoms with Crippen molar-refractivity contribution in [3.8, 4) is 11.3 Å². The molecule has 1 N–H and O–H groups in total. The van der Waals surface area contributed by atoms with E-state index >= 15 is 0 Å². The second-order valence-electron chi connectivity index (χ2n) is 6.34. The third kappa shape index (κ3) is 3.31. The quantitative estimate of drug-likeness (QED) is 0.778. The van der Waals surface area contributed by atoms with Gasteiger partial charge in [0, 0.05) is 17.7 Å². The van der Waals surface area contributed by atoms with Crippen LogP contribution in [0.4, 0.5) is 4.39 Å². The van der Waals surface area contributed by atoms with E-state index < -0.39 is 0 Å². The SMILES string of the molecule is O=C(NC1CC(c2cccc(F)c2)C1)c1cc(-c2ccccc2)on1. The third-order valence-corrected chi connectivity index (χ3v) is 4.59. The Labute approximate surface area is 144 Å². The van der Waals surface area contributed by atoms with E-state index in [9.17, 15) is 9.18 Å². The first-order chi connectivity index (χ1) is 12.2. The molecule has 25 heavy (non-hydrogen) atoms. The van der Waals surface area contributed by atoms with E-state index in [0.29, 0.717) is 5.76 Å². The summed E-state index contributed by atoms with van der Waals surface area (Å²) in [5, 5.41) is 6.81. The van der Waals surface area contributed by atoms with Crippen LogP contribution in [0.15, 0.2) is 65.2 Å². The lowest BCUT2D eigenvalue weighted by atomic mass is 9.76. The maximum Gasteiger partial charge on any atom is 0.273 e. The van der Waals surface area contributed by atoms with E-state index in [2.05, 4.69) is 10.5 Å². The molecule has 4 nitrogen and oxygen atoms in total. The van der Waals surface area contributed by atoms with Crippen LogP contribution in [-0.2, 0) is 0 Å². The number of hydrogen-bond donors (Lipinski definition) is 1. The number of aromatic nitrogens is 1. The van der Waals surface area contributed by atoms with Crippen LogP contribution in [0.5, 0.6) is 0 Å². The molecule has 5 heteroatoms. The van der Waals surface area contributed by atoms with Gasteiger partial charge < -0.3 is 9.84 Å². The number of carbonyl (C=O) groups excluding carboxylic acids is 1. The van der Waals surface area contributed by atoms with Crippen LogP contribution in [0.3, 0.4) is 0 Å². The summed E-state index contributed by atoms with van der Waals surface area (Å²) < 4.78 is 18.5. The number of amides is 1. The molecule has 4 rings (SSSR count). The summed E-state index contributed by atoms with van der Waals surface area (Å²) in [6, 6.07) is 17.9. The molecule has 1 amide bonds. The van der Waals surface area contributed by atoms with Gasteiger partial charge in [-0.25, -0.2) is 4.39 Å². The minimum absolute atomic E-state index is 0.0812. The number of nitrogens with one attached hydrogen (secondary N) is 1. The fourth-order valence-electron chi connectivity index (χ4n) is 3.15. The Morgan fingerprint density at radius 1 is 1.08 bits per heavy atom. The van der Waals surface area contributed by atoms with Crippen LogP contribution < -0.4 is 5.32 Å². The van der Waals surface area contributed by atoms with Crippen molar-refractivity contribution in [3.63, 3.8) is 0 Å². The monoisotopic (exact) mass is 336 g/mol. The highest BCUT2D eigenvalue weighted by molar-refractivity contribution is 5.93. The summed E-state index contributed by atoms with van der Waals surface area (Å²) in [5.41, 5.74) is 2.13. The maximum absolute atomic E-state index is 13.3. The first-order valence-electron chi connectivity index (χ1n) is 8.27. The van der Waals surface area contributed by atoms with Gasteiger partial charge in [0.05, 0.1) is 0 Å². The number of hydrogen-bond acceptors (Lipinski definition) is 3. The predicted molar refractivity (Wildman–Crippen MR) is 91.6 cm³/mol. The normalized spacial score (nSPS) is 19.2. The molecule has 0 spiro atoms. The third-order valence-electron chi connectivity index (χ3n) is 4.59. The van der Waals surface area contributed by atoms with E-state index in [4.69, 9.17) is 4.52 Å². The van der Waals surface area contributed by atoms with Crippen molar-refractivity contribution >= 4 is 5.91 Å². The van der Waals surface area contributed by atoms with Crippen LogP contribution in [0, 0.1) is 5.82 Å². The minimum atomic E-state index is -0.242. The predicted octanol–water partition coefficient (Wildman–Crippen LogP) is 4.16. The molecular weight excluding hydrogens is 319 g/mol. The standard InChI is InChI=1S/C20H17FN2O2/c21-16-8-4-7-14(9-16)15-10-17(11-15)22-20(24)18-12-19(25-23-18)13-5-2-1-3-6-13/h1-9,12,15,17H,10-11H2,(H,22,24). The zero-order chi connectivity index (χ0) is 17.2. The molecule has 1 aromatic heterocycles. The van der Waals surface area contributed by atoms with Gasteiger partial charge in [0.15, 0.2) is 11.5 Å². The average molecular weight is 336 g/mol. The number of nitrogens with zero attached hydrogens (tertiary/aromatic N) is 1. The van der Waals surface area contributed by atoms with Crippen LogP contribution in [0.25, 0.3) is 11.3 Å². The van der Waals surface area contributed by atoms with Gasteiger partial charge in [0.1, 0.15) is 5.82 Å². The molecule has 0 atom stereocenters. The molecule has 3 aromatic rings. The fourth-order valence-corrected chi connectivity index (χ4v) is 3.15. The highest BCUT2D eigenvalue weighted by Gasteiger charge is 2.32. The van der Waals surface area contributed by atoms with Gasteiger partial charge in [-0.15, -0.1) is 0 Å². The van der Waals surface area contributed by atoms with Crippen LogP contribution in [0.2, 0.25) is 0 Å². The van der Waals surface area contributed by atoms with E-state index in [1.54, 1.807) is 18.2 Å². The second kappa shape index (κ2) is 6.51. The maximum atomic E-state index is 13.3. The summed E-state index contributed by atoms with van der Waals surface area (Å²) in [7, 11) is 0. The van der Waals surface area contributed by atoms with E-state index in [-0.39, 0.29) is 29.4 Å². The molecule has 1 aliphatic rings. The van der Waals surface area contributed by atoms with Gasteiger partial charge in [0.2, 0.25) is 0 Å². The Bertz CT molecular complexity index is 885. The smallest absolute Gasteiger partial charge is 0.273 e. The lowest BCUT2D eigenvalue weighted by molar-refractivity contribution is 0.0899. The zero-order valence-corrected chi connectivity index (χ0v) is 13.5. The molecule has 2 aromatic carbocycles. The van der Waals surface area contributed by atoms with E-state index in [0.717, 1.165) is 24.0 Å². The number of rotatable bonds is 4. The summed E-state index contributed by atoms with van der Waals surface area (Å²) in [5.74, 6) is 0.393. The molecule has 1 aliphatic carbocycles. The number of halogens is 1. The van der Waals surface area contributed by atoms with Crippen molar-refractivity contribution in [1.82, 2.24) is 10.5 Å². The Morgan fingerprint density at radius 2 is 1.88 bits per heavy atom. The zero-order valence-electron chi connectivity index (χ0n) is 13.5. The fraction of sp³-hybridized carbons (Fsp3) is 0.200. The first-order valence-corrected chi connectivity index (χ1v) is 8.27. The minimum Gasteiger partial charge on any atom is -0.355 e. The Balaban J connectivity index is 1.35. The van der Waals surface area contributed by atoms with Gasteiger partial charge in [-0.1, -0.05) is 47.6 Å². The van der Waals surface area contributed by atoms with Crippen LogP contribution in [0.1, 0.15) is 34.8 Å². The number of benzene rings is 2. The Morgan fingerprint density at radius 3 is 2.64 bits per heavy atom. The van der Waals surface area contributed by atoms with E-state index in [1.165, 1.54) is 6.07 Å². The van der Waals surface area contributed by atoms with Crippen LogP contribution >= 0.6 is 0 Å². The van der Waals surface area contributed by atoms with Crippen molar-refractivity contribution in [2.75, 3.05) is 0 Å². The lowest BCUT2D eigenvalue weighted by Crippen LogP contribution is -2.43. The highest BCUT2D eigenvalue weighted by atomic mass is 19.1. The molecule has 1 heterocycles. The molecule has 126 valence electrons. The Kier molecular flexibility index (Phi) is 4.06. The van der Waals surface area contributed by atoms with Gasteiger partial charge in [0.25, 0.3) is 5.91 Å². The van der Waals surface area contributed by atoms with Gasteiger partial charge in [-0.3, -0.25) is 4.79 Å². The molecule has 0 bridgehead atoms. The summed E-state index contributed by atoms with van der Waals surface area (Å²) >= 11 is 0. The molecule has 0 aliphatic heterocycles. The summed E-state index contributed by atoms with van der Waals surface area (Å²) in [6.07, 6.45) is 1.61. The first kappa shape index (κ1) is 15.6. The Hall–Kier alpha value is -2.95. The number of carbonyl (C=O) groups is 1. The molecule has 1 saturated carbocycles. The lowest BCUT2D eigenvalue weighted by Gasteiger charge is -2.36. The van der Waals surface area contributed by atoms with Crippen molar-refractivity contribution in [2.45, 2.75) is 24.8 Å². The summed E-state index contributed by atoms with van der Waals surface area (Å²) in [4.78, 5) is 12.3. The van der Waals surface area contributed by atoms with Crippen molar-refractivity contribution < 1.29 is 13.7 Å². The summed E-state index contributed by atoms with van der Waals surface area (Å²) in [6.45, 7) is 0. The van der Waals surface area contributed by atoms with Crippen molar-refractivity contribution in [1.29, 1.82) is 0 Å². The largest absolute Gasteiger partial charge is 0.355 e. The molecule has 0 unspecified atom stereocenters. The van der Waals surface area contributed by atoms with Gasteiger partial charge in [-0.05, 0) is 36.5 Å². The van der Waals surface area contributed by atoms with Gasteiger partial charge >= 0.3 is 0 Å².